The van der Waals surface area contributed by atoms with Crippen molar-refractivity contribution in [1.29, 1.82) is 0 Å². The van der Waals surface area contributed by atoms with E-state index < -0.39 is 41.1 Å². The Morgan fingerprint density at radius 1 is 1.18 bits per heavy atom. The summed E-state index contributed by atoms with van der Waals surface area (Å²) in [7, 11) is 2.23. The van der Waals surface area contributed by atoms with Gasteiger partial charge in [-0.1, -0.05) is 38.1 Å². The lowest BCUT2D eigenvalue weighted by Crippen LogP contribution is -2.33. The molecule has 2 aromatic carbocycles. The number of hydrogen-bond acceptors (Lipinski definition) is 9. The molecule has 0 spiro atoms. The highest BCUT2D eigenvalue weighted by atomic mass is 32.2. The van der Waals surface area contributed by atoms with Crippen LogP contribution >= 0.6 is 0 Å². The van der Waals surface area contributed by atoms with Crippen LogP contribution in [0.15, 0.2) is 48.7 Å². The number of alkyl halides is 2. The third-order valence-electron chi connectivity index (χ3n) is 6.23. The summed E-state index contributed by atoms with van der Waals surface area (Å²) in [6, 6.07) is 12.4. The van der Waals surface area contributed by atoms with Crippen molar-refractivity contribution in [1.82, 2.24) is 20.0 Å². The summed E-state index contributed by atoms with van der Waals surface area (Å²) in [5.74, 6) is -3.61. The van der Waals surface area contributed by atoms with Crippen LogP contribution in [-0.4, -0.2) is 76.1 Å². The van der Waals surface area contributed by atoms with Crippen LogP contribution in [0.1, 0.15) is 47.8 Å². The molecule has 4 rings (SSSR count). The van der Waals surface area contributed by atoms with Crippen LogP contribution in [-0.2, 0) is 29.7 Å². The summed E-state index contributed by atoms with van der Waals surface area (Å²) in [5.41, 5.74) is 2.45. The first kappa shape index (κ1) is 36.5. The Bertz CT molecular complexity index is 1370. The largest absolute Gasteiger partial charge is 0.495 e. The zero-order valence-electron chi connectivity index (χ0n) is 25.7. The van der Waals surface area contributed by atoms with E-state index in [-0.39, 0.29) is 35.8 Å². The molecule has 1 aromatic heterocycles. The van der Waals surface area contributed by atoms with Gasteiger partial charge in [0.1, 0.15) is 17.4 Å². The number of aliphatic hydroxyl groups is 2. The number of halogens is 2. The second kappa shape index (κ2) is 17.5. The molecule has 5 N–H and O–H groups in total. The Balaban J connectivity index is 0.000000876. The number of amides is 1. The van der Waals surface area contributed by atoms with Gasteiger partial charge in [0, 0.05) is 44.3 Å². The maximum atomic E-state index is 14.3. The van der Waals surface area contributed by atoms with Crippen molar-refractivity contribution >= 4 is 28.5 Å². The lowest BCUT2D eigenvalue weighted by atomic mass is 10.1. The number of carbonyl (C=O) groups excluding carboxylic acids is 1. The van der Waals surface area contributed by atoms with Crippen LogP contribution in [0.2, 0.25) is 0 Å². The Morgan fingerprint density at radius 3 is 2.32 bits per heavy atom. The molecule has 242 valence electrons. The molecule has 1 aliphatic carbocycles. The monoisotopic (exact) mass is 637 g/mol. The zero-order valence-corrected chi connectivity index (χ0v) is 26.5. The average Bonchev–Trinajstić information content (AvgIpc) is 3.43. The second-order valence-electron chi connectivity index (χ2n) is 9.46. The van der Waals surface area contributed by atoms with Crippen LogP contribution in [0.4, 0.5) is 20.4 Å². The number of hydrogen-bond donors (Lipinski definition) is 5. The maximum Gasteiger partial charge on any atom is 0.277 e. The van der Waals surface area contributed by atoms with Gasteiger partial charge in [0.05, 0.1) is 36.5 Å². The van der Waals surface area contributed by atoms with Gasteiger partial charge in [-0.2, -0.15) is 4.98 Å². The highest BCUT2D eigenvalue weighted by molar-refractivity contribution is 7.82. The van der Waals surface area contributed by atoms with E-state index in [9.17, 15) is 22.9 Å². The molecule has 11 nitrogen and oxygen atoms in total. The van der Waals surface area contributed by atoms with Gasteiger partial charge in [-0.15, -0.1) is 0 Å². The quantitative estimate of drug-likeness (QED) is 0.213. The van der Waals surface area contributed by atoms with Gasteiger partial charge < -0.3 is 30.3 Å². The van der Waals surface area contributed by atoms with E-state index in [4.69, 9.17) is 14.6 Å². The van der Waals surface area contributed by atoms with Crippen molar-refractivity contribution in [3.05, 3.63) is 70.9 Å². The topological polar surface area (TPSA) is 155 Å². The van der Waals surface area contributed by atoms with E-state index in [0.717, 1.165) is 24.2 Å². The van der Waals surface area contributed by atoms with Crippen molar-refractivity contribution in [2.75, 3.05) is 38.9 Å². The molecule has 2 atom stereocenters. The molecule has 2 unspecified atom stereocenters. The van der Waals surface area contributed by atoms with Crippen molar-refractivity contribution in [3.63, 3.8) is 0 Å². The van der Waals surface area contributed by atoms with Crippen molar-refractivity contribution in [3.8, 4) is 11.6 Å². The van der Waals surface area contributed by atoms with Gasteiger partial charge in [0.25, 0.3) is 11.8 Å². The van der Waals surface area contributed by atoms with Crippen molar-refractivity contribution in [2.24, 2.45) is 0 Å². The molecule has 1 heterocycles. The van der Waals surface area contributed by atoms with Gasteiger partial charge in [0.2, 0.25) is 11.8 Å². The minimum Gasteiger partial charge on any atom is -0.495 e. The van der Waals surface area contributed by atoms with Gasteiger partial charge in [-0.25, -0.2) is 22.7 Å². The molecular weight excluding hydrogens is 596 g/mol. The number of fused-ring (bicyclic) bond motifs is 1. The van der Waals surface area contributed by atoms with Gasteiger partial charge in [0.15, 0.2) is 0 Å². The van der Waals surface area contributed by atoms with Crippen LogP contribution in [0.5, 0.6) is 11.6 Å². The average molecular weight is 638 g/mol. The third-order valence-corrected chi connectivity index (χ3v) is 6.80. The number of ether oxygens (including phenoxy) is 2. The Labute approximate surface area is 259 Å². The fraction of sp³-hybridized carbons (Fsp3) is 0.433. The molecule has 0 saturated carbocycles. The van der Waals surface area contributed by atoms with Crippen LogP contribution < -0.4 is 24.8 Å². The van der Waals surface area contributed by atoms with Crippen LogP contribution in [0.25, 0.3) is 0 Å². The summed E-state index contributed by atoms with van der Waals surface area (Å²) in [5, 5.41) is 23.7. The summed E-state index contributed by atoms with van der Waals surface area (Å²) in [6.07, 6.45) is 2.39. The van der Waals surface area contributed by atoms with Crippen LogP contribution in [0, 0.1) is 0 Å². The fourth-order valence-electron chi connectivity index (χ4n) is 4.01. The maximum absolute atomic E-state index is 14.3. The number of aromatic nitrogens is 2. The van der Waals surface area contributed by atoms with Gasteiger partial charge >= 0.3 is 0 Å². The second-order valence-corrected chi connectivity index (χ2v) is 10.8. The first-order valence-electron chi connectivity index (χ1n) is 14.0. The number of aliphatic hydroxyl groups excluding tert-OH is 2. The molecule has 0 saturated heterocycles. The minimum atomic E-state index is -3.21. The number of nitrogens with zero attached hydrogens (tertiary/aromatic N) is 2. The van der Waals surface area contributed by atoms with Gasteiger partial charge in [-0.05, 0) is 36.4 Å². The van der Waals surface area contributed by atoms with E-state index in [1.165, 1.54) is 19.2 Å². The summed E-state index contributed by atoms with van der Waals surface area (Å²) in [4.78, 5) is 20.6. The van der Waals surface area contributed by atoms with E-state index in [2.05, 4.69) is 25.3 Å². The Morgan fingerprint density at radius 2 is 1.80 bits per heavy atom. The number of anilines is 2. The Kier molecular flexibility index (Phi) is 14.5. The number of carbonyl (C=O) groups is 1. The lowest BCUT2D eigenvalue weighted by molar-refractivity contribution is 0.0120. The standard InChI is InChI=1S/C26H28F2N4O5.C2H7NOS.C2H6/c1-26(27,28)20-13-30-25(32-24(20)37-19-9-15-5-3-4-6-16(15)10-19)31-21-8-7-17(11-22(21)36-2)23(35)29-12-18(34)14-33;1-3-5(2)4;1-2/h3-8,11,13,18-19,33-34H,9-10,12,14H2,1-2H3,(H,29,35)(H,30,31,32);3H,1-2H3;1-2H3. The molecule has 14 heteroatoms. The highest BCUT2D eigenvalue weighted by Crippen LogP contribution is 2.36. The van der Waals surface area contributed by atoms with E-state index in [1.54, 1.807) is 19.4 Å². The SMILES string of the molecule is CC.CNS(C)=O.COc1cc(C(=O)NCC(O)CO)ccc1Nc1ncc(C(C)(F)F)c(OC2Cc3ccccc3C2)n1. The summed E-state index contributed by atoms with van der Waals surface area (Å²) < 4.78 is 52.3. The number of rotatable bonds is 11. The van der Waals surface area contributed by atoms with Crippen molar-refractivity contribution < 1.29 is 37.5 Å². The zero-order chi connectivity index (χ0) is 32.9. The van der Waals surface area contributed by atoms with Crippen LogP contribution in [0.3, 0.4) is 0 Å². The molecule has 1 amide bonds. The summed E-state index contributed by atoms with van der Waals surface area (Å²) >= 11 is 0. The third kappa shape index (κ3) is 10.8. The molecule has 3 aromatic rings. The molecule has 0 bridgehead atoms. The van der Waals surface area contributed by atoms with E-state index >= 15 is 0 Å². The normalized spacial score (nSPS) is 13.7. The number of benzene rings is 2. The van der Waals surface area contributed by atoms with E-state index in [0.29, 0.717) is 18.5 Å². The lowest BCUT2D eigenvalue weighted by Gasteiger charge is -2.19. The fourth-order valence-corrected chi connectivity index (χ4v) is 4.01. The minimum absolute atomic E-state index is 0.0140. The predicted molar refractivity (Wildman–Crippen MR) is 166 cm³/mol. The molecule has 0 radical (unpaired) electrons. The molecule has 0 fully saturated rings. The van der Waals surface area contributed by atoms with E-state index in [1.807, 2.05) is 38.1 Å². The highest BCUT2D eigenvalue weighted by Gasteiger charge is 2.33. The number of nitrogens with one attached hydrogen (secondary N) is 3. The molecular formula is C30H41F2N5O6S. The van der Waals surface area contributed by atoms with Gasteiger partial charge in [-0.3, -0.25) is 4.79 Å². The number of methoxy groups -OCH3 is 1. The van der Waals surface area contributed by atoms with Crippen molar-refractivity contribution in [2.45, 2.75) is 51.7 Å². The molecule has 44 heavy (non-hydrogen) atoms. The predicted octanol–water partition coefficient (Wildman–Crippen LogP) is 3.50. The smallest absolute Gasteiger partial charge is 0.277 e. The molecule has 1 aliphatic rings. The first-order chi connectivity index (χ1) is 20.9. The summed E-state index contributed by atoms with van der Waals surface area (Å²) in [6.45, 7) is 4.17. The molecule has 0 aliphatic heterocycles. The Hall–Kier alpha value is -3.72. The first-order valence-corrected chi connectivity index (χ1v) is 15.5.